The molecule has 1 aromatic heterocycles. The van der Waals surface area contributed by atoms with Gasteiger partial charge in [0.15, 0.2) is 0 Å². The number of rotatable bonds is 5. The highest BCUT2D eigenvalue weighted by atomic mass is 16.5. The number of hydrogen-bond acceptors (Lipinski definition) is 4. The molecule has 0 aliphatic rings. The number of pyridine rings is 1. The van der Waals surface area contributed by atoms with E-state index in [4.69, 9.17) is 14.7 Å². The van der Waals surface area contributed by atoms with Crippen LogP contribution >= 0.6 is 0 Å². The van der Waals surface area contributed by atoms with Gasteiger partial charge in [-0.25, -0.2) is 4.98 Å². The van der Waals surface area contributed by atoms with Crippen molar-refractivity contribution < 1.29 is 9.47 Å². The smallest absolute Gasteiger partial charge is 0.219 e. The molecule has 0 aliphatic heterocycles. The minimum atomic E-state index is 0.397. The van der Waals surface area contributed by atoms with Gasteiger partial charge in [-0.1, -0.05) is 12.1 Å². The Labute approximate surface area is 112 Å². The summed E-state index contributed by atoms with van der Waals surface area (Å²) >= 11 is 0. The molecule has 0 unspecified atom stereocenters. The van der Waals surface area contributed by atoms with Crippen LogP contribution in [0.15, 0.2) is 42.6 Å². The number of hydrogen-bond donors (Lipinski definition) is 0. The number of nitriles is 1. The molecule has 0 radical (unpaired) electrons. The van der Waals surface area contributed by atoms with Crippen molar-refractivity contribution in [1.29, 1.82) is 5.26 Å². The van der Waals surface area contributed by atoms with Crippen molar-refractivity contribution in [3.63, 3.8) is 0 Å². The first-order valence-corrected chi connectivity index (χ1v) is 5.90. The first-order chi connectivity index (χ1) is 9.33. The summed E-state index contributed by atoms with van der Waals surface area (Å²) in [5.74, 6) is 1.33. The van der Waals surface area contributed by atoms with Crippen LogP contribution in [0, 0.1) is 11.3 Å². The molecule has 4 nitrogen and oxygen atoms in total. The lowest BCUT2D eigenvalue weighted by molar-refractivity contribution is 0.294. The average molecular weight is 254 g/mol. The molecule has 0 amide bonds. The van der Waals surface area contributed by atoms with Gasteiger partial charge in [-0.3, -0.25) is 0 Å². The Morgan fingerprint density at radius 1 is 1.21 bits per heavy atom. The number of aromatic nitrogens is 1. The molecule has 0 saturated heterocycles. The molecule has 0 spiro atoms. The van der Waals surface area contributed by atoms with Gasteiger partial charge in [0.2, 0.25) is 5.88 Å². The molecule has 4 heteroatoms. The van der Waals surface area contributed by atoms with Crippen LogP contribution in [0.3, 0.4) is 0 Å². The number of nitrogens with zero attached hydrogens (tertiary/aromatic N) is 2. The van der Waals surface area contributed by atoms with Crippen molar-refractivity contribution >= 4 is 0 Å². The lowest BCUT2D eigenvalue weighted by atomic mass is 10.2. The first kappa shape index (κ1) is 12.9. The molecule has 0 saturated carbocycles. The molecule has 2 aromatic rings. The molecule has 2 rings (SSSR count). The maximum Gasteiger partial charge on any atom is 0.219 e. The van der Waals surface area contributed by atoms with E-state index in [0.29, 0.717) is 18.9 Å². The van der Waals surface area contributed by atoms with Crippen molar-refractivity contribution in [3.05, 3.63) is 53.7 Å². The van der Waals surface area contributed by atoms with Crippen LogP contribution in [0.4, 0.5) is 0 Å². The monoisotopic (exact) mass is 254 g/mol. The molecule has 19 heavy (non-hydrogen) atoms. The van der Waals surface area contributed by atoms with E-state index < -0.39 is 0 Å². The Balaban J connectivity index is 2.00. The van der Waals surface area contributed by atoms with Crippen molar-refractivity contribution in [2.24, 2.45) is 0 Å². The second kappa shape index (κ2) is 6.41. The zero-order valence-electron chi connectivity index (χ0n) is 10.7. The Kier molecular flexibility index (Phi) is 4.35. The van der Waals surface area contributed by atoms with Gasteiger partial charge < -0.3 is 9.47 Å². The topological polar surface area (TPSA) is 55.1 Å². The molecular weight excluding hydrogens is 240 g/mol. The maximum atomic E-state index is 8.60. The summed E-state index contributed by atoms with van der Waals surface area (Å²) in [6, 6.07) is 13.4. The third kappa shape index (κ3) is 3.46. The van der Waals surface area contributed by atoms with Crippen LogP contribution in [0.1, 0.15) is 11.1 Å². The third-order valence-electron chi connectivity index (χ3n) is 2.64. The van der Waals surface area contributed by atoms with Gasteiger partial charge >= 0.3 is 0 Å². The maximum absolute atomic E-state index is 8.60. The van der Waals surface area contributed by atoms with Crippen LogP contribution < -0.4 is 9.47 Å². The van der Waals surface area contributed by atoms with E-state index in [9.17, 15) is 0 Å². The van der Waals surface area contributed by atoms with Crippen LogP contribution in [-0.4, -0.2) is 12.1 Å². The van der Waals surface area contributed by atoms with Crippen LogP contribution in [-0.2, 0) is 13.0 Å². The number of ether oxygens (including phenoxy) is 2. The standard InChI is InChI=1S/C15H14N2O2/c1-18-15-13(3-2-10-17-15)11-19-14-6-4-12(5-7-14)8-9-16/h2-7,10H,8,11H2,1H3. The van der Waals surface area contributed by atoms with E-state index in [0.717, 1.165) is 16.9 Å². The molecule has 1 aromatic carbocycles. The second-order valence-electron chi connectivity index (χ2n) is 3.94. The van der Waals surface area contributed by atoms with Crippen molar-refractivity contribution in [2.45, 2.75) is 13.0 Å². The van der Waals surface area contributed by atoms with Gasteiger partial charge in [-0.2, -0.15) is 5.26 Å². The Hall–Kier alpha value is -2.54. The lowest BCUT2D eigenvalue weighted by Crippen LogP contribution is -2.00. The summed E-state index contributed by atoms with van der Waals surface area (Å²) in [5.41, 5.74) is 1.87. The van der Waals surface area contributed by atoms with Gasteiger partial charge in [0.25, 0.3) is 0 Å². The second-order valence-corrected chi connectivity index (χ2v) is 3.94. The number of methoxy groups -OCH3 is 1. The van der Waals surface area contributed by atoms with E-state index in [-0.39, 0.29) is 0 Å². The summed E-state index contributed by atoms with van der Waals surface area (Å²) in [5, 5.41) is 8.60. The fourth-order valence-corrected chi connectivity index (χ4v) is 1.67. The van der Waals surface area contributed by atoms with Crippen LogP contribution in [0.25, 0.3) is 0 Å². The predicted octanol–water partition coefficient (Wildman–Crippen LogP) is 2.74. The SMILES string of the molecule is COc1ncccc1COc1ccc(CC#N)cc1. The summed E-state index contributed by atoms with van der Waals surface area (Å²) in [6.07, 6.45) is 2.09. The molecule has 96 valence electrons. The molecule has 0 bridgehead atoms. The molecule has 0 N–H and O–H groups in total. The fraction of sp³-hybridized carbons (Fsp3) is 0.200. The van der Waals surface area contributed by atoms with Gasteiger partial charge in [-0.05, 0) is 29.8 Å². The van der Waals surface area contributed by atoms with E-state index in [1.165, 1.54) is 0 Å². The summed E-state index contributed by atoms with van der Waals surface area (Å²) in [7, 11) is 1.59. The molecule has 0 atom stereocenters. The average Bonchev–Trinajstić information content (AvgIpc) is 2.47. The van der Waals surface area contributed by atoms with Crippen LogP contribution in [0.5, 0.6) is 11.6 Å². The molecular formula is C15H14N2O2. The van der Waals surface area contributed by atoms with E-state index in [1.54, 1.807) is 13.3 Å². The zero-order valence-corrected chi connectivity index (χ0v) is 10.7. The van der Waals surface area contributed by atoms with Crippen molar-refractivity contribution in [2.75, 3.05) is 7.11 Å². The van der Waals surface area contributed by atoms with E-state index >= 15 is 0 Å². The molecule has 1 heterocycles. The zero-order chi connectivity index (χ0) is 13.5. The number of benzene rings is 1. The lowest BCUT2D eigenvalue weighted by Gasteiger charge is -2.09. The van der Waals surface area contributed by atoms with Gasteiger partial charge in [0, 0.05) is 6.20 Å². The summed E-state index contributed by atoms with van der Waals surface area (Å²) in [6.45, 7) is 0.397. The normalized spacial score (nSPS) is 9.68. The molecule has 0 aliphatic carbocycles. The highest BCUT2D eigenvalue weighted by Gasteiger charge is 2.04. The van der Waals surface area contributed by atoms with E-state index in [2.05, 4.69) is 11.1 Å². The largest absolute Gasteiger partial charge is 0.489 e. The minimum Gasteiger partial charge on any atom is -0.489 e. The Bertz CT molecular complexity index is 573. The van der Waals surface area contributed by atoms with Crippen molar-refractivity contribution in [3.8, 4) is 17.7 Å². The Morgan fingerprint density at radius 2 is 2.00 bits per heavy atom. The van der Waals surface area contributed by atoms with Crippen molar-refractivity contribution in [1.82, 2.24) is 4.98 Å². The third-order valence-corrected chi connectivity index (χ3v) is 2.64. The van der Waals surface area contributed by atoms with Gasteiger partial charge in [-0.15, -0.1) is 0 Å². The summed E-state index contributed by atoms with van der Waals surface area (Å²) in [4.78, 5) is 4.11. The van der Waals surface area contributed by atoms with Gasteiger partial charge in [0.1, 0.15) is 12.4 Å². The Morgan fingerprint density at radius 3 is 2.68 bits per heavy atom. The highest BCUT2D eigenvalue weighted by Crippen LogP contribution is 2.18. The fourth-order valence-electron chi connectivity index (χ4n) is 1.67. The minimum absolute atomic E-state index is 0.397. The first-order valence-electron chi connectivity index (χ1n) is 5.90. The highest BCUT2D eigenvalue weighted by molar-refractivity contribution is 5.30. The quantitative estimate of drug-likeness (QED) is 0.823. The van der Waals surface area contributed by atoms with Crippen LogP contribution in [0.2, 0.25) is 0 Å². The summed E-state index contributed by atoms with van der Waals surface area (Å²) < 4.78 is 10.8. The van der Waals surface area contributed by atoms with E-state index in [1.807, 2.05) is 36.4 Å². The molecule has 0 fully saturated rings. The van der Waals surface area contributed by atoms with Gasteiger partial charge in [0.05, 0.1) is 25.2 Å². The predicted molar refractivity (Wildman–Crippen MR) is 70.9 cm³/mol.